The lowest BCUT2D eigenvalue weighted by molar-refractivity contribution is -0.137. The average molecular weight is 298 g/mol. The van der Waals surface area contributed by atoms with E-state index in [1.54, 1.807) is 0 Å². The lowest BCUT2D eigenvalue weighted by Crippen LogP contribution is -2.26. The number of alkyl halides is 3. The molecule has 0 saturated carbocycles. The summed E-state index contributed by atoms with van der Waals surface area (Å²) >= 11 is 0. The molecule has 0 bridgehead atoms. The normalized spacial score (nSPS) is 19.3. The number of aromatic nitrogens is 2. The van der Waals surface area contributed by atoms with Crippen LogP contribution in [-0.2, 0) is 17.5 Å². The summed E-state index contributed by atoms with van der Waals surface area (Å²) in [6.45, 7) is 1.05. The highest BCUT2D eigenvalue weighted by Crippen LogP contribution is 2.30. The Morgan fingerprint density at radius 1 is 1.38 bits per heavy atom. The van der Waals surface area contributed by atoms with Gasteiger partial charge in [-0.05, 0) is 31.0 Å². The first-order valence-electron chi connectivity index (χ1n) is 6.63. The lowest BCUT2D eigenvalue weighted by Gasteiger charge is -2.12. The Morgan fingerprint density at radius 2 is 2.19 bits per heavy atom. The van der Waals surface area contributed by atoms with Crippen molar-refractivity contribution in [3.8, 4) is 0 Å². The van der Waals surface area contributed by atoms with Crippen molar-refractivity contribution >= 4 is 10.9 Å². The van der Waals surface area contributed by atoms with Gasteiger partial charge in [-0.15, -0.1) is 0 Å². The third-order valence-electron chi connectivity index (χ3n) is 3.58. The smallest absolute Gasteiger partial charge is 0.376 e. The third-order valence-corrected chi connectivity index (χ3v) is 3.58. The molecule has 1 aromatic carbocycles. The van der Waals surface area contributed by atoms with Crippen molar-refractivity contribution in [1.29, 1.82) is 0 Å². The van der Waals surface area contributed by atoms with Crippen LogP contribution in [0.4, 0.5) is 13.2 Å². The summed E-state index contributed by atoms with van der Waals surface area (Å²) in [6.07, 6.45) is -1.36. The van der Waals surface area contributed by atoms with Gasteiger partial charge in [0.2, 0.25) is 0 Å². The Morgan fingerprint density at radius 3 is 2.86 bits per heavy atom. The molecule has 1 atom stereocenters. The molecule has 1 fully saturated rings. The molecule has 2 aromatic rings. The second-order valence-corrected chi connectivity index (χ2v) is 5.07. The molecule has 0 amide bonds. The second-order valence-electron chi connectivity index (χ2n) is 5.07. The first-order valence-corrected chi connectivity index (χ1v) is 6.63. The zero-order valence-electron chi connectivity index (χ0n) is 11.1. The first kappa shape index (κ1) is 14.1. The summed E-state index contributed by atoms with van der Waals surface area (Å²) < 4.78 is 44.8. The summed E-state index contributed by atoms with van der Waals surface area (Å²) in [4.78, 5) is 16.2. The van der Waals surface area contributed by atoms with Crippen LogP contribution in [0.5, 0.6) is 0 Å². The molecule has 112 valence electrons. The largest absolute Gasteiger partial charge is 0.416 e. The number of benzene rings is 1. The molecule has 0 unspecified atom stereocenters. The summed E-state index contributed by atoms with van der Waals surface area (Å²) in [5, 5.41) is 0.184. The molecule has 1 saturated heterocycles. The summed E-state index contributed by atoms with van der Waals surface area (Å²) in [6, 6.07) is 2.98. The Bertz CT molecular complexity index is 718. The van der Waals surface area contributed by atoms with Crippen molar-refractivity contribution in [2.45, 2.75) is 31.7 Å². The van der Waals surface area contributed by atoms with Crippen LogP contribution in [-0.4, -0.2) is 22.3 Å². The van der Waals surface area contributed by atoms with Crippen LogP contribution in [0.15, 0.2) is 29.3 Å². The Kier molecular flexibility index (Phi) is 3.44. The highest BCUT2D eigenvalue weighted by molar-refractivity contribution is 5.78. The molecule has 7 heteroatoms. The van der Waals surface area contributed by atoms with Crippen LogP contribution in [0.25, 0.3) is 10.9 Å². The van der Waals surface area contributed by atoms with E-state index >= 15 is 0 Å². The summed E-state index contributed by atoms with van der Waals surface area (Å²) in [7, 11) is 0. The van der Waals surface area contributed by atoms with Crippen molar-refractivity contribution in [3.63, 3.8) is 0 Å². The summed E-state index contributed by atoms with van der Waals surface area (Å²) in [5.74, 6) is 0. The van der Waals surface area contributed by atoms with Crippen LogP contribution in [0, 0.1) is 0 Å². The van der Waals surface area contributed by atoms with Crippen molar-refractivity contribution in [3.05, 3.63) is 40.4 Å². The second kappa shape index (κ2) is 5.14. The zero-order chi connectivity index (χ0) is 15.0. The Balaban J connectivity index is 1.99. The predicted octanol–water partition coefficient (Wildman–Crippen LogP) is 2.59. The van der Waals surface area contributed by atoms with Gasteiger partial charge in [-0.2, -0.15) is 13.2 Å². The number of hydrogen-bond acceptors (Lipinski definition) is 3. The molecule has 0 aliphatic carbocycles. The first-order chi connectivity index (χ1) is 9.95. The summed E-state index contributed by atoms with van der Waals surface area (Å²) in [5.41, 5.74) is -1.10. The number of rotatable bonds is 2. The maximum absolute atomic E-state index is 12.6. The van der Waals surface area contributed by atoms with Gasteiger partial charge in [-0.3, -0.25) is 9.36 Å². The topological polar surface area (TPSA) is 44.1 Å². The SMILES string of the molecule is O=c1c2ccc(C(F)(F)F)cc2ncn1C[C@@H]1CCCO1. The van der Waals surface area contributed by atoms with Crippen LogP contribution >= 0.6 is 0 Å². The van der Waals surface area contributed by atoms with Crippen molar-refractivity contribution in [2.24, 2.45) is 0 Å². The molecular formula is C14H13F3N2O2. The number of halogens is 3. The minimum atomic E-state index is -4.44. The van der Waals surface area contributed by atoms with E-state index < -0.39 is 11.7 Å². The number of ether oxygens (including phenoxy) is 1. The van der Waals surface area contributed by atoms with Crippen molar-refractivity contribution < 1.29 is 17.9 Å². The number of hydrogen-bond donors (Lipinski definition) is 0. The molecule has 21 heavy (non-hydrogen) atoms. The third kappa shape index (κ3) is 2.78. The van der Waals surface area contributed by atoms with Gasteiger partial charge in [0.05, 0.1) is 35.4 Å². The van der Waals surface area contributed by atoms with E-state index in [2.05, 4.69) is 4.98 Å². The van der Waals surface area contributed by atoms with Crippen molar-refractivity contribution in [2.75, 3.05) is 6.61 Å². The van der Waals surface area contributed by atoms with E-state index in [4.69, 9.17) is 4.74 Å². The van der Waals surface area contributed by atoms with Gasteiger partial charge in [0.15, 0.2) is 0 Å². The van der Waals surface area contributed by atoms with Gasteiger partial charge in [-0.1, -0.05) is 0 Å². The highest BCUT2D eigenvalue weighted by Gasteiger charge is 2.30. The maximum atomic E-state index is 12.6. The maximum Gasteiger partial charge on any atom is 0.416 e. The Labute approximate surface area is 118 Å². The fourth-order valence-electron chi connectivity index (χ4n) is 2.47. The quantitative estimate of drug-likeness (QED) is 0.856. The van der Waals surface area contributed by atoms with E-state index in [1.165, 1.54) is 17.0 Å². The molecule has 4 nitrogen and oxygen atoms in total. The fraction of sp³-hybridized carbons (Fsp3) is 0.429. The molecule has 2 heterocycles. The van der Waals surface area contributed by atoms with E-state index in [1.807, 2.05) is 0 Å². The fourth-order valence-corrected chi connectivity index (χ4v) is 2.47. The lowest BCUT2D eigenvalue weighted by atomic mass is 10.1. The highest BCUT2D eigenvalue weighted by atomic mass is 19.4. The van der Waals surface area contributed by atoms with Gasteiger partial charge in [-0.25, -0.2) is 4.98 Å². The van der Waals surface area contributed by atoms with Crippen LogP contribution < -0.4 is 5.56 Å². The molecular weight excluding hydrogens is 285 g/mol. The predicted molar refractivity (Wildman–Crippen MR) is 70.0 cm³/mol. The minimum Gasteiger partial charge on any atom is -0.376 e. The van der Waals surface area contributed by atoms with Gasteiger partial charge < -0.3 is 4.74 Å². The number of fused-ring (bicyclic) bond motifs is 1. The molecule has 1 aromatic heterocycles. The molecule has 3 rings (SSSR count). The zero-order valence-corrected chi connectivity index (χ0v) is 11.1. The van der Waals surface area contributed by atoms with Crippen molar-refractivity contribution in [1.82, 2.24) is 9.55 Å². The van der Waals surface area contributed by atoms with Gasteiger partial charge in [0.25, 0.3) is 5.56 Å². The molecule has 1 aliphatic heterocycles. The number of nitrogens with zero attached hydrogens (tertiary/aromatic N) is 2. The van der Waals surface area contributed by atoms with E-state index in [0.29, 0.717) is 13.2 Å². The van der Waals surface area contributed by atoms with E-state index in [9.17, 15) is 18.0 Å². The Hall–Kier alpha value is -1.89. The molecule has 0 spiro atoms. The molecule has 0 radical (unpaired) electrons. The van der Waals surface area contributed by atoms with Gasteiger partial charge in [0, 0.05) is 6.61 Å². The van der Waals surface area contributed by atoms with Crippen LogP contribution in [0.3, 0.4) is 0 Å². The van der Waals surface area contributed by atoms with E-state index in [-0.39, 0.29) is 22.6 Å². The average Bonchev–Trinajstić information content (AvgIpc) is 2.93. The van der Waals surface area contributed by atoms with Crippen LogP contribution in [0.1, 0.15) is 18.4 Å². The monoisotopic (exact) mass is 298 g/mol. The van der Waals surface area contributed by atoms with Gasteiger partial charge in [0.1, 0.15) is 0 Å². The van der Waals surface area contributed by atoms with Gasteiger partial charge >= 0.3 is 6.18 Å². The van der Waals surface area contributed by atoms with E-state index in [0.717, 1.165) is 25.0 Å². The molecule has 0 N–H and O–H groups in total. The molecule has 1 aliphatic rings. The minimum absolute atomic E-state index is 0.0311. The van der Waals surface area contributed by atoms with Crippen LogP contribution in [0.2, 0.25) is 0 Å². The standard InChI is InChI=1S/C14H13F3N2O2/c15-14(16,17)9-3-4-11-12(6-9)18-8-19(13(11)20)7-10-2-1-5-21-10/h3-4,6,8,10H,1-2,5,7H2/t10-/m0/s1.